The van der Waals surface area contributed by atoms with Gasteiger partial charge in [-0.15, -0.1) is 0 Å². The number of methoxy groups -OCH3 is 2. The third-order valence-corrected chi connectivity index (χ3v) is 3.13. The summed E-state index contributed by atoms with van der Waals surface area (Å²) < 4.78 is 32.0. The van der Waals surface area contributed by atoms with Crippen molar-refractivity contribution < 1.29 is 17.9 Å². The number of hydrogen-bond donors (Lipinski definition) is 0. The molecule has 0 atom stereocenters. The van der Waals surface area contributed by atoms with Crippen LogP contribution in [0.25, 0.3) is 0 Å². The van der Waals surface area contributed by atoms with Gasteiger partial charge >= 0.3 is 0 Å². The predicted molar refractivity (Wildman–Crippen MR) is 63.0 cm³/mol. The summed E-state index contributed by atoms with van der Waals surface area (Å²) in [5.41, 5.74) is 0.363. The molecule has 0 aliphatic rings. The molecule has 0 bridgehead atoms. The van der Waals surface area contributed by atoms with Crippen molar-refractivity contribution in [3.05, 3.63) is 22.7 Å². The Morgan fingerprint density at radius 1 is 1.25 bits per heavy atom. The van der Waals surface area contributed by atoms with Gasteiger partial charge in [0.1, 0.15) is 11.5 Å². The number of ether oxygens (including phenoxy) is 2. The van der Waals surface area contributed by atoms with E-state index in [9.17, 15) is 8.42 Å². The highest BCUT2D eigenvalue weighted by Gasteiger charge is 2.16. The van der Waals surface area contributed by atoms with Gasteiger partial charge in [0.05, 0.1) is 25.0 Å². The first kappa shape index (κ1) is 13.4. The molecule has 0 unspecified atom stereocenters. The van der Waals surface area contributed by atoms with Crippen LogP contribution in [0.2, 0.25) is 5.02 Å². The van der Waals surface area contributed by atoms with Crippen LogP contribution in [0.3, 0.4) is 0 Å². The summed E-state index contributed by atoms with van der Waals surface area (Å²) >= 11 is 5.90. The summed E-state index contributed by atoms with van der Waals surface area (Å²) in [6.45, 7) is 0. The van der Waals surface area contributed by atoms with Crippen molar-refractivity contribution in [2.75, 3.05) is 14.2 Å². The van der Waals surface area contributed by atoms with E-state index < -0.39 is 9.05 Å². The number of rotatable bonds is 4. The Bertz CT molecular complexity index is 485. The molecule has 0 spiro atoms. The molecule has 0 aliphatic carbocycles. The quantitative estimate of drug-likeness (QED) is 0.797. The van der Waals surface area contributed by atoms with Crippen LogP contribution >= 0.6 is 22.3 Å². The van der Waals surface area contributed by atoms with Crippen molar-refractivity contribution in [1.29, 1.82) is 0 Å². The molecule has 0 saturated carbocycles. The van der Waals surface area contributed by atoms with Gasteiger partial charge in [0, 0.05) is 22.3 Å². The molecule has 7 heteroatoms. The summed E-state index contributed by atoms with van der Waals surface area (Å²) in [6, 6.07) is 3.05. The molecular weight excluding hydrogens is 275 g/mol. The molecule has 1 aromatic rings. The Balaban J connectivity index is 3.28. The van der Waals surface area contributed by atoms with Crippen LogP contribution in [0.1, 0.15) is 5.56 Å². The van der Waals surface area contributed by atoms with Crippen LogP contribution in [-0.4, -0.2) is 22.6 Å². The lowest BCUT2D eigenvalue weighted by molar-refractivity contribution is 0.400. The second-order valence-corrected chi connectivity index (χ2v) is 6.17. The minimum Gasteiger partial charge on any atom is -0.497 e. The van der Waals surface area contributed by atoms with Crippen LogP contribution in [0.15, 0.2) is 12.1 Å². The predicted octanol–water partition coefficient (Wildman–Crippen LogP) is 2.43. The van der Waals surface area contributed by atoms with E-state index in [1.165, 1.54) is 26.4 Å². The molecule has 1 rings (SSSR count). The van der Waals surface area contributed by atoms with Gasteiger partial charge < -0.3 is 9.47 Å². The second-order valence-electron chi connectivity index (χ2n) is 2.98. The molecule has 0 N–H and O–H groups in total. The van der Waals surface area contributed by atoms with Gasteiger partial charge in [-0.3, -0.25) is 0 Å². The summed E-state index contributed by atoms with van der Waals surface area (Å²) in [7, 11) is 4.36. The lowest BCUT2D eigenvalue weighted by Crippen LogP contribution is -2.00. The molecule has 90 valence electrons. The van der Waals surface area contributed by atoms with E-state index in [-0.39, 0.29) is 16.5 Å². The van der Waals surface area contributed by atoms with Gasteiger partial charge in [0.2, 0.25) is 9.05 Å². The standard InChI is InChI=1S/C9H10Cl2O4S/c1-14-7-3-6(5-16(11,12)13)9(15-2)8(10)4-7/h3-4H,5H2,1-2H3. The molecule has 0 saturated heterocycles. The monoisotopic (exact) mass is 284 g/mol. The summed E-state index contributed by atoms with van der Waals surface area (Å²) in [5, 5.41) is 0.275. The van der Waals surface area contributed by atoms with Gasteiger partial charge in [0.15, 0.2) is 0 Å². The average molecular weight is 285 g/mol. The van der Waals surface area contributed by atoms with E-state index in [1.807, 2.05) is 0 Å². The molecule has 0 fully saturated rings. The molecule has 16 heavy (non-hydrogen) atoms. The number of hydrogen-bond acceptors (Lipinski definition) is 4. The maximum Gasteiger partial charge on any atom is 0.236 e. The Kier molecular flexibility index (Phi) is 4.29. The van der Waals surface area contributed by atoms with Crippen molar-refractivity contribution in [3.63, 3.8) is 0 Å². The van der Waals surface area contributed by atoms with Gasteiger partial charge in [-0.25, -0.2) is 8.42 Å². The van der Waals surface area contributed by atoms with E-state index in [0.29, 0.717) is 11.3 Å². The summed E-state index contributed by atoms with van der Waals surface area (Å²) in [5.74, 6) is 0.363. The Hall–Kier alpha value is -0.650. The maximum atomic E-state index is 11.0. The SMILES string of the molecule is COc1cc(Cl)c(OC)c(CS(=O)(=O)Cl)c1. The van der Waals surface area contributed by atoms with Crippen molar-refractivity contribution in [3.8, 4) is 11.5 Å². The fourth-order valence-electron chi connectivity index (χ4n) is 1.26. The topological polar surface area (TPSA) is 52.6 Å². The zero-order chi connectivity index (χ0) is 12.3. The van der Waals surface area contributed by atoms with Crippen LogP contribution in [-0.2, 0) is 14.8 Å². The minimum absolute atomic E-state index is 0.275. The summed E-state index contributed by atoms with van der Waals surface area (Å²) in [4.78, 5) is 0. The molecule has 0 aromatic heterocycles. The van der Waals surface area contributed by atoms with E-state index in [2.05, 4.69) is 0 Å². The van der Waals surface area contributed by atoms with Crippen LogP contribution in [0, 0.1) is 0 Å². The highest BCUT2D eigenvalue weighted by molar-refractivity contribution is 8.13. The van der Waals surface area contributed by atoms with Crippen molar-refractivity contribution in [1.82, 2.24) is 0 Å². The van der Waals surface area contributed by atoms with E-state index in [1.54, 1.807) is 0 Å². The fraction of sp³-hybridized carbons (Fsp3) is 0.333. The second kappa shape index (κ2) is 5.12. The van der Waals surface area contributed by atoms with Gasteiger partial charge in [-0.2, -0.15) is 0 Å². The fourth-order valence-corrected chi connectivity index (χ4v) is 2.51. The maximum absolute atomic E-state index is 11.0. The molecule has 4 nitrogen and oxygen atoms in total. The smallest absolute Gasteiger partial charge is 0.236 e. The van der Waals surface area contributed by atoms with Crippen LogP contribution in [0.5, 0.6) is 11.5 Å². The normalized spacial score (nSPS) is 11.2. The van der Waals surface area contributed by atoms with Gasteiger partial charge in [-0.05, 0) is 6.07 Å². The first-order valence-electron chi connectivity index (χ1n) is 4.20. The van der Waals surface area contributed by atoms with Crippen molar-refractivity contribution in [2.24, 2.45) is 0 Å². The number of benzene rings is 1. The molecule has 1 aromatic carbocycles. The first-order chi connectivity index (χ1) is 7.37. The largest absolute Gasteiger partial charge is 0.497 e. The first-order valence-corrected chi connectivity index (χ1v) is 7.05. The lowest BCUT2D eigenvalue weighted by Gasteiger charge is -2.11. The Morgan fingerprint density at radius 2 is 1.88 bits per heavy atom. The van der Waals surface area contributed by atoms with Gasteiger partial charge in [-0.1, -0.05) is 11.6 Å². The number of halogens is 2. The third-order valence-electron chi connectivity index (χ3n) is 1.86. The zero-order valence-corrected chi connectivity index (χ0v) is 11.0. The molecule has 0 amide bonds. The van der Waals surface area contributed by atoms with Crippen molar-refractivity contribution in [2.45, 2.75) is 5.75 Å². The van der Waals surface area contributed by atoms with E-state index in [0.717, 1.165) is 0 Å². The average Bonchev–Trinajstić information content (AvgIpc) is 2.14. The third kappa shape index (κ3) is 3.43. The highest BCUT2D eigenvalue weighted by Crippen LogP contribution is 2.34. The molecule has 0 heterocycles. The molecule has 0 radical (unpaired) electrons. The van der Waals surface area contributed by atoms with Crippen molar-refractivity contribution >= 4 is 31.3 Å². The molecular formula is C9H10Cl2O4S. The Morgan fingerprint density at radius 3 is 2.31 bits per heavy atom. The van der Waals surface area contributed by atoms with Crippen LogP contribution in [0.4, 0.5) is 0 Å². The highest BCUT2D eigenvalue weighted by atomic mass is 35.7. The zero-order valence-electron chi connectivity index (χ0n) is 8.66. The van der Waals surface area contributed by atoms with E-state index in [4.69, 9.17) is 31.8 Å². The molecule has 0 aliphatic heterocycles. The van der Waals surface area contributed by atoms with E-state index >= 15 is 0 Å². The Labute approximate surface area is 103 Å². The summed E-state index contributed by atoms with van der Waals surface area (Å²) in [6.07, 6.45) is 0. The van der Waals surface area contributed by atoms with Gasteiger partial charge in [0.25, 0.3) is 0 Å². The van der Waals surface area contributed by atoms with Crippen LogP contribution < -0.4 is 9.47 Å². The minimum atomic E-state index is -3.67. The lowest BCUT2D eigenvalue weighted by atomic mass is 10.2.